The molecule has 0 saturated heterocycles. The zero-order valence-corrected chi connectivity index (χ0v) is 19.8. The molecule has 0 aliphatic heterocycles. The van der Waals surface area contributed by atoms with E-state index in [1.807, 2.05) is 56.0 Å². The van der Waals surface area contributed by atoms with Crippen molar-refractivity contribution in [3.05, 3.63) is 63.6 Å². The summed E-state index contributed by atoms with van der Waals surface area (Å²) in [5, 5.41) is 8.76. The molecule has 0 bridgehead atoms. The maximum atomic E-state index is 6.23. The van der Waals surface area contributed by atoms with Gasteiger partial charge in [0.25, 0.3) is 0 Å². The quantitative estimate of drug-likeness (QED) is 0.307. The minimum absolute atomic E-state index is 0. The third-order valence-corrected chi connectivity index (χ3v) is 5.01. The molecule has 0 fully saturated rings. The lowest BCUT2D eigenvalue weighted by atomic mass is 10.2. The molecular weight excluding hydrogens is 457 g/mol. The molecule has 0 aliphatic carbocycles. The minimum atomic E-state index is 0. The summed E-state index contributed by atoms with van der Waals surface area (Å²) in [4.78, 5) is 15.5. The lowest BCUT2D eigenvalue weighted by molar-refractivity contribution is 0.814. The molecule has 1 aromatic heterocycles. The van der Waals surface area contributed by atoms with Gasteiger partial charge in [0.05, 0.1) is 6.21 Å². The molecular formula is C21H24Cl3N7. The number of nitrogens with one attached hydrogen (secondary N) is 2. The Bertz CT molecular complexity index is 1020. The van der Waals surface area contributed by atoms with E-state index in [2.05, 4.69) is 30.8 Å². The highest BCUT2D eigenvalue weighted by Gasteiger charge is 2.11. The van der Waals surface area contributed by atoms with Crippen molar-refractivity contribution in [2.45, 2.75) is 20.8 Å². The first-order chi connectivity index (χ1) is 14.5. The summed E-state index contributed by atoms with van der Waals surface area (Å²) in [6.45, 7) is 7.58. The van der Waals surface area contributed by atoms with Gasteiger partial charge in [-0.3, -0.25) is 0 Å². The van der Waals surface area contributed by atoms with Crippen molar-refractivity contribution >= 4 is 65.4 Å². The van der Waals surface area contributed by atoms with Crippen LogP contribution in [0.4, 0.5) is 23.5 Å². The molecule has 1 heterocycles. The first kappa shape index (κ1) is 24.7. The van der Waals surface area contributed by atoms with Gasteiger partial charge in [0, 0.05) is 28.8 Å². The summed E-state index contributed by atoms with van der Waals surface area (Å²) in [6.07, 6.45) is 1.67. The molecule has 3 aromatic rings. The lowest BCUT2D eigenvalue weighted by Crippen LogP contribution is -2.25. The van der Waals surface area contributed by atoms with E-state index < -0.39 is 0 Å². The average molecular weight is 481 g/mol. The molecule has 10 heteroatoms. The van der Waals surface area contributed by atoms with Crippen LogP contribution in [0.5, 0.6) is 0 Å². The molecule has 0 atom stereocenters. The summed E-state index contributed by atoms with van der Waals surface area (Å²) in [5.41, 5.74) is 5.57. The molecule has 164 valence electrons. The Morgan fingerprint density at radius 1 is 0.968 bits per heavy atom. The number of benzene rings is 2. The summed E-state index contributed by atoms with van der Waals surface area (Å²) >= 11 is 12.1. The van der Waals surface area contributed by atoms with Gasteiger partial charge in [-0.15, -0.1) is 12.4 Å². The van der Waals surface area contributed by atoms with Gasteiger partial charge >= 0.3 is 0 Å². The number of aromatic nitrogens is 3. The first-order valence-corrected chi connectivity index (χ1v) is 10.3. The van der Waals surface area contributed by atoms with Gasteiger partial charge in [0.15, 0.2) is 0 Å². The van der Waals surface area contributed by atoms with Gasteiger partial charge in [-0.1, -0.05) is 41.4 Å². The Hall–Kier alpha value is -2.61. The molecule has 0 aliphatic rings. The van der Waals surface area contributed by atoms with Crippen LogP contribution in [0.2, 0.25) is 10.0 Å². The van der Waals surface area contributed by atoms with Crippen LogP contribution in [0.3, 0.4) is 0 Å². The molecule has 0 radical (unpaired) electrons. The fourth-order valence-corrected chi connectivity index (χ4v) is 2.94. The number of anilines is 4. The number of hydrogen-bond acceptors (Lipinski definition) is 7. The van der Waals surface area contributed by atoms with E-state index in [1.54, 1.807) is 18.3 Å². The predicted molar refractivity (Wildman–Crippen MR) is 133 cm³/mol. The van der Waals surface area contributed by atoms with Crippen LogP contribution in [0, 0.1) is 6.92 Å². The number of hydrazone groups is 1. The second kappa shape index (κ2) is 11.7. The Balaban J connectivity index is 0.00000341. The molecule has 0 amide bonds. The Kier molecular flexibility index (Phi) is 9.30. The highest BCUT2D eigenvalue weighted by Crippen LogP contribution is 2.23. The largest absolute Gasteiger partial charge is 0.341 e. The van der Waals surface area contributed by atoms with Crippen LogP contribution >= 0.6 is 35.6 Å². The van der Waals surface area contributed by atoms with Crippen molar-refractivity contribution < 1.29 is 0 Å². The highest BCUT2D eigenvalue weighted by molar-refractivity contribution is 6.31. The van der Waals surface area contributed by atoms with Crippen molar-refractivity contribution in [1.82, 2.24) is 15.0 Å². The smallest absolute Gasteiger partial charge is 0.250 e. The van der Waals surface area contributed by atoms with E-state index in [-0.39, 0.29) is 12.4 Å². The van der Waals surface area contributed by atoms with Crippen LogP contribution in [-0.2, 0) is 0 Å². The lowest BCUT2D eigenvalue weighted by Gasteiger charge is -2.19. The molecule has 31 heavy (non-hydrogen) atoms. The second-order valence-corrected chi connectivity index (χ2v) is 7.31. The maximum absolute atomic E-state index is 6.23. The van der Waals surface area contributed by atoms with Crippen molar-refractivity contribution in [2.24, 2.45) is 5.10 Å². The van der Waals surface area contributed by atoms with Gasteiger partial charge in [-0.25, -0.2) is 5.43 Å². The van der Waals surface area contributed by atoms with Gasteiger partial charge in [-0.05, 0) is 56.2 Å². The first-order valence-electron chi connectivity index (χ1n) is 9.57. The molecule has 0 spiro atoms. The molecule has 2 aromatic carbocycles. The number of nitrogens with zero attached hydrogens (tertiary/aromatic N) is 5. The number of rotatable bonds is 8. The number of hydrogen-bond donors (Lipinski definition) is 2. The van der Waals surface area contributed by atoms with Crippen molar-refractivity contribution in [3.8, 4) is 0 Å². The van der Waals surface area contributed by atoms with E-state index in [1.165, 1.54) is 0 Å². The van der Waals surface area contributed by atoms with Crippen molar-refractivity contribution in [2.75, 3.05) is 28.7 Å². The Morgan fingerprint density at radius 2 is 1.65 bits per heavy atom. The highest BCUT2D eigenvalue weighted by atomic mass is 35.5. The zero-order chi connectivity index (χ0) is 21.5. The summed E-state index contributed by atoms with van der Waals surface area (Å²) in [6, 6.07) is 13.1. The summed E-state index contributed by atoms with van der Waals surface area (Å²) < 4.78 is 0. The van der Waals surface area contributed by atoms with E-state index in [4.69, 9.17) is 23.2 Å². The Labute approximate surface area is 198 Å². The van der Waals surface area contributed by atoms with Crippen molar-refractivity contribution in [3.63, 3.8) is 0 Å². The van der Waals surface area contributed by atoms with E-state index in [0.29, 0.717) is 27.9 Å². The van der Waals surface area contributed by atoms with Crippen molar-refractivity contribution in [1.29, 1.82) is 0 Å². The topological polar surface area (TPSA) is 78.3 Å². The second-order valence-electron chi connectivity index (χ2n) is 6.47. The summed E-state index contributed by atoms with van der Waals surface area (Å²) in [7, 11) is 0. The van der Waals surface area contributed by atoms with Crippen LogP contribution in [-0.4, -0.2) is 34.3 Å². The van der Waals surface area contributed by atoms with E-state index in [9.17, 15) is 0 Å². The van der Waals surface area contributed by atoms with Gasteiger partial charge in [-0.2, -0.15) is 20.1 Å². The predicted octanol–water partition coefficient (Wildman–Crippen LogP) is 5.94. The molecule has 0 unspecified atom stereocenters. The fraction of sp³-hybridized carbons (Fsp3) is 0.238. The minimum Gasteiger partial charge on any atom is -0.341 e. The molecule has 3 rings (SSSR count). The third-order valence-electron chi connectivity index (χ3n) is 4.35. The van der Waals surface area contributed by atoms with Crippen LogP contribution in [0.25, 0.3) is 0 Å². The monoisotopic (exact) mass is 479 g/mol. The van der Waals surface area contributed by atoms with Gasteiger partial charge in [0.1, 0.15) is 0 Å². The van der Waals surface area contributed by atoms with Crippen LogP contribution < -0.4 is 15.6 Å². The van der Waals surface area contributed by atoms with Gasteiger partial charge < -0.3 is 10.2 Å². The van der Waals surface area contributed by atoms with E-state index >= 15 is 0 Å². The van der Waals surface area contributed by atoms with E-state index in [0.717, 1.165) is 29.9 Å². The SMILES string of the molecule is CCN(CC)c1nc(NN=Cc2ccc(Cl)cc2)nc(Nc2ccc(C)c(Cl)c2)n1.Cl. The molecule has 7 nitrogen and oxygen atoms in total. The number of aryl methyl sites for hydroxylation is 1. The number of halogens is 3. The standard InChI is InChI=1S/C21H23Cl2N7.ClH/c1-4-30(5-2)21-27-19(25-17-11-6-14(3)18(23)12-17)26-20(28-21)29-24-13-15-7-9-16(22)10-8-15;/h6-13H,4-5H2,1-3H3,(H2,25,26,27,28,29);1H. The normalized spacial score (nSPS) is 10.6. The third kappa shape index (κ3) is 6.95. The van der Waals surface area contributed by atoms with Crippen LogP contribution in [0.15, 0.2) is 47.6 Å². The molecule has 2 N–H and O–H groups in total. The van der Waals surface area contributed by atoms with Crippen LogP contribution in [0.1, 0.15) is 25.0 Å². The molecule has 0 saturated carbocycles. The average Bonchev–Trinajstić information content (AvgIpc) is 2.73. The Morgan fingerprint density at radius 3 is 2.29 bits per heavy atom. The summed E-state index contributed by atoms with van der Waals surface area (Å²) in [5.74, 6) is 1.29. The maximum Gasteiger partial charge on any atom is 0.250 e. The zero-order valence-electron chi connectivity index (χ0n) is 17.4. The van der Waals surface area contributed by atoms with Gasteiger partial charge in [0.2, 0.25) is 17.8 Å². The fourth-order valence-electron chi connectivity index (χ4n) is 2.63.